The van der Waals surface area contributed by atoms with E-state index < -0.39 is 13.4 Å². The summed E-state index contributed by atoms with van der Waals surface area (Å²) in [5.41, 5.74) is 6.68. The van der Waals surface area contributed by atoms with E-state index in [1.165, 1.54) is 11.3 Å². The Hall–Kier alpha value is -0.190. The van der Waals surface area contributed by atoms with Gasteiger partial charge in [-0.25, -0.2) is 0 Å². The standard InChI is InChI=1S/C9H16NO3PS/c1-3-12-14(11,13-4-2)9(10)8-5-6-15-7-8/h5-7,9H,3-4,10H2,1-2H3/t9-/m1/s1. The lowest BCUT2D eigenvalue weighted by atomic mass is 10.3. The molecule has 15 heavy (non-hydrogen) atoms. The predicted octanol–water partition coefficient (Wildman–Crippen LogP) is 2.97. The molecule has 2 N–H and O–H groups in total. The summed E-state index contributed by atoms with van der Waals surface area (Å²) in [6.07, 6.45) is 0. The highest BCUT2D eigenvalue weighted by molar-refractivity contribution is 7.54. The summed E-state index contributed by atoms with van der Waals surface area (Å²) in [6.45, 7) is 4.20. The first kappa shape index (κ1) is 12.9. The molecule has 4 nitrogen and oxygen atoms in total. The van der Waals surface area contributed by atoms with Gasteiger partial charge in [-0.3, -0.25) is 4.57 Å². The van der Waals surface area contributed by atoms with Crippen LogP contribution < -0.4 is 5.73 Å². The molecule has 1 rings (SSSR count). The van der Waals surface area contributed by atoms with Crippen LogP contribution in [0.1, 0.15) is 25.2 Å². The molecule has 0 amide bonds. The van der Waals surface area contributed by atoms with E-state index in [9.17, 15) is 4.57 Å². The van der Waals surface area contributed by atoms with Crippen LogP contribution in [-0.4, -0.2) is 13.2 Å². The number of rotatable bonds is 6. The topological polar surface area (TPSA) is 61.5 Å². The lowest BCUT2D eigenvalue weighted by molar-refractivity contribution is 0.212. The van der Waals surface area contributed by atoms with Gasteiger partial charge in [0.1, 0.15) is 5.78 Å². The average Bonchev–Trinajstić information content (AvgIpc) is 2.70. The quantitative estimate of drug-likeness (QED) is 0.787. The molecule has 0 saturated carbocycles. The molecular formula is C9H16NO3PS. The average molecular weight is 249 g/mol. The first-order valence-corrected chi connectivity index (χ1v) is 7.36. The van der Waals surface area contributed by atoms with Crippen LogP contribution in [0.2, 0.25) is 0 Å². The molecule has 0 bridgehead atoms. The van der Waals surface area contributed by atoms with Crippen molar-refractivity contribution in [2.75, 3.05) is 13.2 Å². The second kappa shape index (κ2) is 5.77. The van der Waals surface area contributed by atoms with Gasteiger partial charge in [0.2, 0.25) is 0 Å². The van der Waals surface area contributed by atoms with Gasteiger partial charge in [0.05, 0.1) is 13.2 Å². The second-order valence-corrected chi connectivity index (χ2v) is 5.81. The summed E-state index contributed by atoms with van der Waals surface area (Å²) in [5.74, 6) is -0.691. The zero-order valence-electron chi connectivity index (χ0n) is 8.88. The van der Waals surface area contributed by atoms with E-state index in [0.717, 1.165) is 5.56 Å². The molecule has 0 aromatic carbocycles. The maximum absolute atomic E-state index is 12.2. The van der Waals surface area contributed by atoms with Gasteiger partial charge in [-0.2, -0.15) is 11.3 Å². The maximum atomic E-state index is 12.2. The molecule has 0 radical (unpaired) electrons. The molecule has 0 fully saturated rings. The van der Waals surface area contributed by atoms with Crippen LogP contribution in [0.5, 0.6) is 0 Å². The summed E-state index contributed by atoms with van der Waals surface area (Å²) in [6, 6.07) is 1.83. The van der Waals surface area contributed by atoms with Crippen molar-refractivity contribution in [3.63, 3.8) is 0 Å². The summed E-state index contributed by atoms with van der Waals surface area (Å²) in [7, 11) is -3.21. The van der Waals surface area contributed by atoms with Crippen LogP contribution >= 0.6 is 18.9 Å². The second-order valence-electron chi connectivity index (χ2n) is 2.88. The molecule has 6 heteroatoms. The highest BCUT2D eigenvalue weighted by atomic mass is 32.1. The third-order valence-electron chi connectivity index (χ3n) is 1.84. The first-order chi connectivity index (χ1) is 7.14. The van der Waals surface area contributed by atoms with Gasteiger partial charge in [-0.15, -0.1) is 0 Å². The van der Waals surface area contributed by atoms with Crippen molar-refractivity contribution in [1.82, 2.24) is 0 Å². The Bertz CT molecular complexity index is 318. The van der Waals surface area contributed by atoms with Crippen LogP contribution in [-0.2, 0) is 13.6 Å². The minimum absolute atomic E-state index is 0.328. The summed E-state index contributed by atoms with van der Waals surface area (Å²) in [5, 5.41) is 3.74. The van der Waals surface area contributed by atoms with E-state index in [-0.39, 0.29) is 0 Å². The molecule has 0 aliphatic rings. The Labute approximate surface area is 93.9 Å². The highest BCUT2D eigenvalue weighted by Gasteiger charge is 2.33. The summed E-state index contributed by atoms with van der Waals surface area (Å²) in [4.78, 5) is 0. The highest BCUT2D eigenvalue weighted by Crippen LogP contribution is 2.58. The van der Waals surface area contributed by atoms with Crippen molar-refractivity contribution in [1.29, 1.82) is 0 Å². The third kappa shape index (κ3) is 3.13. The number of hydrogen-bond donors (Lipinski definition) is 1. The van der Waals surface area contributed by atoms with Gasteiger partial charge in [-0.1, -0.05) is 0 Å². The van der Waals surface area contributed by atoms with Crippen molar-refractivity contribution in [2.24, 2.45) is 5.73 Å². The lowest BCUT2D eigenvalue weighted by Gasteiger charge is -2.22. The molecule has 1 aromatic rings. The van der Waals surface area contributed by atoms with Crippen molar-refractivity contribution < 1.29 is 13.6 Å². The van der Waals surface area contributed by atoms with Crippen molar-refractivity contribution >= 4 is 18.9 Å². The Balaban J connectivity index is 2.84. The Kier molecular flexibility index (Phi) is 4.96. The first-order valence-electron chi connectivity index (χ1n) is 4.80. The van der Waals surface area contributed by atoms with Crippen molar-refractivity contribution in [3.05, 3.63) is 22.4 Å². The number of nitrogens with two attached hydrogens (primary N) is 1. The number of hydrogen-bond acceptors (Lipinski definition) is 5. The molecule has 0 aliphatic carbocycles. The van der Waals surface area contributed by atoms with Crippen LogP contribution in [0.25, 0.3) is 0 Å². The molecule has 0 spiro atoms. The summed E-state index contributed by atoms with van der Waals surface area (Å²) < 4.78 is 22.6. The van der Waals surface area contributed by atoms with Crippen LogP contribution in [0.15, 0.2) is 16.8 Å². The fourth-order valence-electron chi connectivity index (χ4n) is 1.18. The SMILES string of the molecule is CCOP(=O)(OCC)[C@@H](N)c1ccsc1. The molecule has 1 atom stereocenters. The molecule has 0 unspecified atom stereocenters. The molecular weight excluding hydrogens is 233 g/mol. The van der Waals surface area contributed by atoms with E-state index in [0.29, 0.717) is 13.2 Å². The van der Waals surface area contributed by atoms with Gasteiger partial charge in [0.25, 0.3) is 0 Å². The van der Waals surface area contributed by atoms with Gasteiger partial charge >= 0.3 is 7.60 Å². The van der Waals surface area contributed by atoms with E-state index in [4.69, 9.17) is 14.8 Å². The Morgan fingerprint density at radius 3 is 2.47 bits per heavy atom. The van der Waals surface area contributed by atoms with E-state index in [2.05, 4.69) is 0 Å². The van der Waals surface area contributed by atoms with E-state index in [1.54, 1.807) is 13.8 Å². The van der Waals surface area contributed by atoms with Gasteiger partial charge in [-0.05, 0) is 36.2 Å². The van der Waals surface area contributed by atoms with Gasteiger partial charge < -0.3 is 14.8 Å². The smallest absolute Gasteiger partial charge is 0.314 e. The van der Waals surface area contributed by atoms with Crippen molar-refractivity contribution in [2.45, 2.75) is 19.6 Å². The number of thiophene rings is 1. The molecule has 1 heterocycles. The molecule has 0 saturated heterocycles. The van der Waals surface area contributed by atoms with Gasteiger partial charge in [0.15, 0.2) is 0 Å². The Morgan fingerprint density at radius 1 is 1.47 bits per heavy atom. The molecule has 1 aromatic heterocycles. The third-order valence-corrected chi connectivity index (χ3v) is 4.76. The fourth-order valence-corrected chi connectivity index (χ4v) is 3.62. The minimum Gasteiger partial charge on any atom is -0.314 e. The largest absolute Gasteiger partial charge is 0.351 e. The van der Waals surface area contributed by atoms with Crippen molar-refractivity contribution in [3.8, 4) is 0 Å². The van der Waals surface area contributed by atoms with Crippen LogP contribution in [0.4, 0.5) is 0 Å². The zero-order chi connectivity index (χ0) is 11.3. The lowest BCUT2D eigenvalue weighted by Crippen LogP contribution is -2.14. The van der Waals surface area contributed by atoms with Crippen LogP contribution in [0, 0.1) is 0 Å². The van der Waals surface area contributed by atoms with E-state index in [1.807, 2.05) is 16.8 Å². The van der Waals surface area contributed by atoms with Crippen LogP contribution in [0.3, 0.4) is 0 Å². The monoisotopic (exact) mass is 249 g/mol. The van der Waals surface area contributed by atoms with Gasteiger partial charge in [0, 0.05) is 0 Å². The van der Waals surface area contributed by atoms with E-state index >= 15 is 0 Å². The normalized spacial score (nSPS) is 14.1. The maximum Gasteiger partial charge on any atom is 0.351 e. The fraction of sp³-hybridized carbons (Fsp3) is 0.556. The molecule has 86 valence electrons. The minimum atomic E-state index is -3.21. The Morgan fingerprint density at radius 2 is 2.07 bits per heavy atom. The molecule has 0 aliphatic heterocycles. The summed E-state index contributed by atoms with van der Waals surface area (Å²) >= 11 is 1.51. The predicted molar refractivity (Wildman–Crippen MR) is 62.1 cm³/mol. The zero-order valence-corrected chi connectivity index (χ0v) is 10.6.